The van der Waals surface area contributed by atoms with E-state index in [1.807, 2.05) is 0 Å². The zero-order valence-corrected chi connectivity index (χ0v) is 12.3. The maximum atomic E-state index is 12.4. The molecule has 2 N–H and O–H groups in total. The first-order valence-corrected chi connectivity index (χ1v) is 8.52. The third kappa shape index (κ3) is 2.95. The average molecular weight is 310 g/mol. The van der Waals surface area contributed by atoms with Gasteiger partial charge in [0, 0.05) is 12.6 Å². The van der Waals surface area contributed by atoms with Gasteiger partial charge in [0.15, 0.2) is 0 Å². The number of benzene rings is 1. The molecular weight excluding hydrogens is 292 g/mol. The molecule has 0 spiro atoms. The second-order valence-corrected chi connectivity index (χ2v) is 7.41. The Hall–Kier alpha value is -1.44. The van der Waals surface area contributed by atoms with E-state index in [4.69, 9.17) is 5.11 Å². The third-order valence-electron chi connectivity index (χ3n) is 4.37. The van der Waals surface area contributed by atoms with E-state index in [0.717, 1.165) is 32.5 Å². The number of hydrogen-bond donors (Lipinski definition) is 2. The minimum absolute atomic E-state index is 0.0448. The number of piperidine rings is 3. The van der Waals surface area contributed by atoms with Crippen LogP contribution in [0.3, 0.4) is 0 Å². The molecule has 4 rings (SSSR count). The number of carboxylic acids is 1. The van der Waals surface area contributed by atoms with Crippen molar-refractivity contribution >= 4 is 16.0 Å². The van der Waals surface area contributed by atoms with Crippen molar-refractivity contribution in [1.29, 1.82) is 0 Å². The van der Waals surface area contributed by atoms with Crippen LogP contribution in [-0.4, -0.2) is 50.1 Å². The maximum Gasteiger partial charge on any atom is 0.335 e. The Balaban J connectivity index is 1.76. The lowest BCUT2D eigenvalue weighted by Crippen LogP contribution is -2.57. The number of nitrogens with zero attached hydrogens (tertiary/aromatic N) is 1. The molecule has 1 unspecified atom stereocenters. The normalized spacial score (nSPS) is 28.5. The van der Waals surface area contributed by atoms with Gasteiger partial charge in [-0.2, -0.15) is 0 Å². The van der Waals surface area contributed by atoms with Gasteiger partial charge in [-0.15, -0.1) is 0 Å². The van der Waals surface area contributed by atoms with Crippen LogP contribution in [-0.2, 0) is 10.0 Å². The van der Waals surface area contributed by atoms with Crippen LogP contribution in [0.5, 0.6) is 0 Å². The lowest BCUT2D eigenvalue weighted by atomic mass is 9.85. The lowest BCUT2D eigenvalue weighted by molar-refractivity contribution is 0.0696. The van der Waals surface area contributed by atoms with Crippen molar-refractivity contribution in [2.24, 2.45) is 5.92 Å². The van der Waals surface area contributed by atoms with Gasteiger partial charge in [0.2, 0.25) is 10.0 Å². The Labute approximate surface area is 123 Å². The molecule has 114 valence electrons. The molecule has 0 saturated carbocycles. The summed E-state index contributed by atoms with van der Waals surface area (Å²) in [6.07, 6.45) is 2.07. The molecule has 7 heteroatoms. The number of fused-ring (bicyclic) bond motifs is 3. The summed E-state index contributed by atoms with van der Waals surface area (Å²) in [6.45, 7) is 2.86. The van der Waals surface area contributed by atoms with Gasteiger partial charge < -0.3 is 10.0 Å². The van der Waals surface area contributed by atoms with E-state index < -0.39 is 16.0 Å². The van der Waals surface area contributed by atoms with Crippen LogP contribution in [0.15, 0.2) is 29.2 Å². The first-order chi connectivity index (χ1) is 9.95. The summed E-state index contributed by atoms with van der Waals surface area (Å²) < 4.78 is 27.5. The van der Waals surface area contributed by atoms with Crippen LogP contribution in [0.2, 0.25) is 0 Å². The van der Waals surface area contributed by atoms with E-state index in [1.54, 1.807) is 0 Å². The van der Waals surface area contributed by atoms with E-state index in [-0.39, 0.29) is 16.5 Å². The Bertz CT molecular complexity index is 633. The highest BCUT2D eigenvalue weighted by atomic mass is 32.2. The molecule has 3 aliphatic rings. The second-order valence-electron chi connectivity index (χ2n) is 5.70. The lowest BCUT2D eigenvalue weighted by Gasteiger charge is -2.44. The molecular formula is C14H18N2O4S. The molecule has 6 nitrogen and oxygen atoms in total. The minimum atomic E-state index is -3.59. The smallest absolute Gasteiger partial charge is 0.335 e. The Kier molecular flexibility index (Phi) is 3.73. The molecule has 2 bridgehead atoms. The summed E-state index contributed by atoms with van der Waals surface area (Å²) in [5.74, 6) is -0.660. The summed E-state index contributed by atoms with van der Waals surface area (Å²) >= 11 is 0. The van der Waals surface area contributed by atoms with Gasteiger partial charge in [-0.3, -0.25) is 0 Å². The fourth-order valence-electron chi connectivity index (χ4n) is 3.14. The third-order valence-corrected chi connectivity index (χ3v) is 5.88. The van der Waals surface area contributed by atoms with Gasteiger partial charge >= 0.3 is 5.97 Å². The van der Waals surface area contributed by atoms with Crippen molar-refractivity contribution in [3.8, 4) is 0 Å². The van der Waals surface area contributed by atoms with Crippen molar-refractivity contribution in [2.45, 2.75) is 23.8 Å². The fraction of sp³-hybridized carbons (Fsp3) is 0.500. The Morgan fingerprint density at radius 2 is 1.81 bits per heavy atom. The van der Waals surface area contributed by atoms with Crippen LogP contribution in [0.25, 0.3) is 0 Å². The van der Waals surface area contributed by atoms with Gasteiger partial charge in [-0.25, -0.2) is 17.9 Å². The molecule has 0 radical (unpaired) electrons. The van der Waals surface area contributed by atoms with Crippen LogP contribution >= 0.6 is 0 Å². The van der Waals surface area contributed by atoms with Gasteiger partial charge in [0.25, 0.3) is 0 Å². The maximum absolute atomic E-state index is 12.4. The quantitative estimate of drug-likeness (QED) is 0.857. The predicted octanol–water partition coefficient (Wildman–Crippen LogP) is 0.757. The van der Waals surface area contributed by atoms with Gasteiger partial charge in [-0.05, 0) is 56.1 Å². The number of rotatable bonds is 4. The van der Waals surface area contributed by atoms with Crippen molar-refractivity contribution in [3.05, 3.63) is 29.8 Å². The molecule has 3 aliphatic heterocycles. The Morgan fingerprint density at radius 1 is 1.19 bits per heavy atom. The van der Waals surface area contributed by atoms with E-state index >= 15 is 0 Å². The van der Waals surface area contributed by atoms with Gasteiger partial charge in [0.05, 0.1) is 10.5 Å². The van der Waals surface area contributed by atoms with Crippen molar-refractivity contribution < 1.29 is 18.3 Å². The molecule has 21 heavy (non-hydrogen) atoms. The first-order valence-electron chi connectivity index (χ1n) is 7.04. The second kappa shape index (κ2) is 5.40. The molecule has 1 atom stereocenters. The largest absolute Gasteiger partial charge is 0.478 e. The molecule has 3 heterocycles. The number of nitrogens with one attached hydrogen (secondary N) is 1. The van der Waals surface area contributed by atoms with Gasteiger partial charge in [-0.1, -0.05) is 0 Å². The molecule has 1 aromatic carbocycles. The highest BCUT2D eigenvalue weighted by Crippen LogP contribution is 2.28. The van der Waals surface area contributed by atoms with Crippen LogP contribution in [0.1, 0.15) is 23.2 Å². The molecule has 0 amide bonds. The highest BCUT2D eigenvalue weighted by Gasteiger charge is 2.36. The van der Waals surface area contributed by atoms with E-state index in [0.29, 0.717) is 5.92 Å². The monoisotopic (exact) mass is 310 g/mol. The van der Waals surface area contributed by atoms with E-state index in [2.05, 4.69) is 9.62 Å². The fourth-order valence-corrected chi connectivity index (χ4v) is 4.44. The summed E-state index contributed by atoms with van der Waals surface area (Å²) in [5.41, 5.74) is 0.0804. The standard InChI is InChI=1S/C14H18N2O4S/c17-14(18)11-1-3-12(4-2-11)21(19,20)15-13-9-16-7-5-10(13)6-8-16/h1-4,10,13,15H,5-9H2,(H,17,18). The van der Waals surface area contributed by atoms with Crippen molar-refractivity contribution in [1.82, 2.24) is 9.62 Å². The topological polar surface area (TPSA) is 86.7 Å². The summed E-state index contributed by atoms with van der Waals surface area (Å²) in [4.78, 5) is 13.2. The van der Waals surface area contributed by atoms with E-state index in [1.165, 1.54) is 24.3 Å². The first kappa shape index (κ1) is 14.5. The number of hydrogen-bond acceptors (Lipinski definition) is 4. The summed E-state index contributed by atoms with van der Waals surface area (Å²) in [6, 6.07) is 5.26. The van der Waals surface area contributed by atoms with E-state index in [9.17, 15) is 13.2 Å². The van der Waals surface area contributed by atoms with Crippen LogP contribution < -0.4 is 4.72 Å². The SMILES string of the molecule is O=C(O)c1ccc(S(=O)(=O)NC2CN3CCC2CC3)cc1. The van der Waals surface area contributed by atoms with Crippen LogP contribution in [0, 0.1) is 5.92 Å². The minimum Gasteiger partial charge on any atom is -0.478 e. The average Bonchev–Trinajstić information content (AvgIpc) is 2.48. The van der Waals surface area contributed by atoms with Crippen molar-refractivity contribution in [3.63, 3.8) is 0 Å². The summed E-state index contributed by atoms with van der Waals surface area (Å²) in [7, 11) is -3.59. The number of carboxylic acid groups (broad SMARTS) is 1. The molecule has 0 aliphatic carbocycles. The number of sulfonamides is 1. The summed E-state index contributed by atoms with van der Waals surface area (Å²) in [5, 5.41) is 8.84. The zero-order chi connectivity index (χ0) is 15.0. The predicted molar refractivity (Wildman–Crippen MR) is 76.7 cm³/mol. The molecule has 1 aromatic rings. The van der Waals surface area contributed by atoms with Gasteiger partial charge in [0.1, 0.15) is 0 Å². The Morgan fingerprint density at radius 3 is 2.29 bits per heavy atom. The zero-order valence-electron chi connectivity index (χ0n) is 11.5. The number of aromatic carboxylic acids is 1. The number of carbonyl (C=O) groups is 1. The molecule has 3 saturated heterocycles. The highest BCUT2D eigenvalue weighted by molar-refractivity contribution is 7.89. The molecule has 0 aromatic heterocycles. The van der Waals surface area contributed by atoms with Crippen LogP contribution in [0.4, 0.5) is 0 Å². The molecule has 3 fully saturated rings. The van der Waals surface area contributed by atoms with Crippen molar-refractivity contribution in [2.75, 3.05) is 19.6 Å².